The zero-order valence-electron chi connectivity index (χ0n) is 12.2. The van der Waals surface area contributed by atoms with Gasteiger partial charge in [0.25, 0.3) is 0 Å². The van der Waals surface area contributed by atoms with Crippen LogP contribution in [-0.4, -0.2) is 41.1 Å². The Kier molecular flexibility index (Phi) is 3.14. The number of hydrogen-bond donors (Lipinski definition) is 2. The van der Waals surface area contributed by atoms with E-state index in [1.165, 1.54) is 18.4 Å². The van der Waals surface area contributed by atoms with Crippen LogP contribution in [0.15, 0.2) is 24.3 Å². The molecule has 0 bridgehead atoms. The SMILES string of the molecule is O=C(C1CCCC1)N1[C@H](CO)[C@@H]2c3ccccc3NC[C@@H]21. The number of aliphatic hydroxyl groups excluding tert-OH is 1. The first kappa shape index (κ1) is 13.1. The molecule has 112 valence electrons. The molecular formula is C17H22N2O2. The summed E-state index contributed by atoms with van der Waals surface area (Å²) in [5.41, 5.74) is 2.41. The number of amides is 1. The number of fused-ring (bicyclic) bond motifs is 3. The van der Waals surface area contributed by atoms with E-state index in [0.29, 0.717) is 0 Å². The first-order valence-corrected chi connectivity index (χ1v) is 8.07. The number of anilines is 1. The quantitative estimate of drug-likeness (QED) is 0.874. The second-order valence-corrected chi connectivity index (χ2v) is 6.54. The molecule has 2 heterocycles. The molecule has 2 N–H and O–H groups in total. The minimum Gasteiger partial charge on any atom is -0.394 e. The van der Waals surface area contributed by atoms with Crippen molar-refractivity contribution >= 4 is 11.6 Å². The molecule has 4 rings (SSSR count). The number of carbonyl (C=O) groups excluding carboxylic acids is 1. The van der Waals surface area contributed by atoms with E-state index in [-0.39, 0.29) is 36.4 Å². The Labute approximate surface area is 125 Å². The average molecular weight is 286 g/mol. The number of rotatable bonds is 2. The van der Waals surface area contributed by atoms with E-state index in [1.54, 1.807) is 0 Å². The predicted molar refractivity (Wildman–Crippen MR) is 81.1 cm³/mol. The van der Waals surface area contributed by atoms with Gasteiger partial charge in [0, 0.05) is 24.1 Å². The van der Waals surface area contributed by atoms with Crippen molar-refractivity contribution in [3.8, 4) is 0 Å². The van der Waals surface area contributed by atoms with Gasteiger partial charge in [0.1, 0.15) is 0 Å². The van der Waals surface area contributed by atoms with Crippen LogP contribution in [0.1, 0.15) is 37.2 Å². The topological polar surface area (TPSA) is 52.6 Å². The van der Waals surface area contributed by atoms with Gasteiger partial charge in [0.05, 0.1) is 18.7 Å². The Morgan fingerprint density at radius 3 is 2.81 bits per heavy atom. The van der Waals surface area contributed by atoms with Crippen molar-refractivity contribution in [3.05, 3.63) is 29.8 Å². The number of para-hydroxylation sites is 1. The van der Waals surface area contributed by atoms with E-state index in [9.17, 15) is 9.90 Å². The summed E-state index contributed by atoms with van der Waals surface area (Å²) in [4.78, 5) is 14.7. The fourth-order valence-electron chi connectivity index (χ4n) is 4.46. The van der Waals surface area contributed by atoms with E-state index < -0.39 is 0 Å². The summed E-state index contributed by atoms with van der Waals surface area (Å²) in [6.07, 6.45) is 4.39. The van der Waals surface area contributed by atoms with Crippen molar-refractivity contribution in [2.75, 3.05) is 18.5 Å². The highest BCUT2D eigenvalue weighted by Crippen LogP contribution is 2.47. The van der Waals surface area contributed by atoms with Gasteiger partial charge in [-0.1, -0.05) is 31.0 Å². The molecule has 21 heavy (non-hydrogen) atoms. The van der Waals surface area contributed by atoms with Crippen LogP contribution in [0.2, 0.25) is 0 Å². The second-order valence-electron chi connectivity index (χ2n) is 6.54. The highest BCUT2D eigenvalue weighted by molar-refractivity contribution is 5.82. The summed E-state index contributed by atoms with van der Waals surface area (Å²) in [6.45, 7) is 0.866. The lowest BCUT2D eigenvalue weighted by Gasteiger charge is -2.58. The van der Waals surface area contributed by atoms with Gasteiger partial charge in [-0.05, 0) is 24.5 Å². The lowest BCUT2D eigenvalue weighted by molar-refractivity contribution is -0.154. The molecule has 0 aromatic heterocycles. The maximum Gasteiger partial charge on any atom is 0.226 e. The first-order valence-electron chi connectivity index (χ1n) is 8.07. The normalized spacial score (nSPS) is 31.1. The van der Waals surface area contributed by atoms with Crippen molar-refractivity contribution in [2.24, 2.45) is 5.92 Å². The molecule has 3 atom stereocenters. The third-order valence-electron chi connectivity index (χ3n) is 5.51. The molecule has 4 heteroatoms. The fraction of sp³-hybridized carbons (Fsp3) is 0.588. The van der Waals surface area contributed by atoms with E-state index >= 15 is 0 Å². The molecule has 1 saturated heterocycles. The van der Waals surface area contributed by atoms with Crippen LogP contribution in [0.5, 0.6) is 0 Å². The van der Waals surface area contributed by atoms with Crippen LogP contribution in [0.25, 0.3) is 0 Å². The van der Waals surface area contributed by atoms with Crippen LogP contribution < -0.4 is 5.32 Å². The zero-order chi connectivity index (χ0) is 14.4. The van der Waals surface area contributed by atoms with Gasteiger partial charge in [-0.25, -0.2) is 0 Å². The third-order valence-corrected chi connectivity index (χ3v) is 5.51. The molecule has 2 aliphatic heterocycles. The number of likely N-dealkylation sites (tertiary alicyclic amines) is 1. The van der Waals surface area contributed by atoms with Crippen LogP contribution in [0.4, 0.5) is 5.69 Å². The fourth-order valence-corrected chi connectivity index (χ4v) is 4.46. The number of aliphatic hydroxyl groups is 1. The Morgan fingerprint density at radius 1 is 1.29 bits per heavy atom. The van der Waals surface area contributed by atoms with Crippen molar-refractivity contribution in [2.45, 2.75) is 43.7 Å². The molecule has 1 aromatic carbocycles. The summed E-state index contributed by atoms with van der Waals surface area (Å²) in [7, 11) is 0. The summed E-state index contributed by atoms with van der Waals surface area (Å²) >= 11 is 0. The Balaban J connectivity index is 1.61. The predicted octanol–water partition coefficient (Wildman–Crippen LogP) is 1.96. The highest BCUT2D eigenvalue weighted by Gasteiger charge is 2.54. The number of carbonyl (C=O) groups is 1. The lowest BCUT2D eigenvalue weighted by Crippen LogP contribution is -2.69. The summed E-state index contributed by atoms with van der Waals surface area (Å²) < 4.78 is 0. The van der Waals surface area contributed by atoms with Crippen molar-refractivity contribution in [3.63, 3.8) is 0 Å². The lowest BCUT2D eigenvalue weighted by atomic mass is 9.72. The molecule has 0 spiro atoms. The third kappa shape index (κ3) is 1.89. The Bertz CT molecular complexity index is 553. The van der Waals surface area contributed by atoms with Crippen LogP contribution >= 0.6 is 0 Å². The number of nitrogens with zero attached hydrogens (tertiary/aromatic N) is 1. The smallest absolute Gasteiger partial charge is 0.226 e. The number of benzene rings is 1. The van der Waals surface area contributed by atoms with Gasteiger partial charge in [-0.2, -0.15) is 0 Å². The molecule has 2 fully saturated rings. The molecule has 1 saturated carbocycles. The first-order chi connectivity index (χ1) is 10.3. The average Bonchev–Trinajstić information content (AvgIpc) is 3.02. The maximum absolute atomic E-state index is 12.8. The van der Waals surface area contributed by atoms with Gasteiger partial charge in [0.2, 0.25) is 5.91 Å². The standard InChI is InChI=1S/C17H22N2O2/c20-10-15-16-12-7-3-4-8-13(12)18-9-14(16)19(15)17(21)11-5-1-2-6-11/h3-4,7-8,11,14-16,18,20H,1-2,5-6,9-10H2/t14-,15+,16+/m0/s1. The Hall–Kier alpha value is -1.55. The molecule has 0 unspecified atom stereocenters. The summed E-state index contributed by atoms with van der Waals surface area (Å²) in [5, 5.41) is 13.2. The van der Waals surface area contributed by atoms with Gasteiger partial charge in [0.15, 0.2) is 0 Å². The van der Waals surface area contributed by atoms with Crippen LogP contribution in [0, 0.1) is 5.92 Å². The van der Waals surface area contributed by atoms with Gasteiger partial charge >= 0.3 is 0 Å². The molecule has 1 aromatic rings. The summed E-state index contributed by atoms with van der Waals surface area (Å²) in [6, 6.07) is 8.45. The van der Waals surface area contributed by atoms with Gasteiger partial charge < -0.3 is 15.3 Å². The van der Waals surface area contributed by atoms with Crippen molar-refractivity contribution < 1.29 is 9.90 Å². The molecule has 0 radical (unpaired) electrons. The summed E-state index contributed by atoms with van der Waals surface area (Å²) in [5.74, 6) is 0.754. The van der Waals surface area contributed by atoms with Crippen molar-refractivity contribution in [1.82, 2.24) is 4.90 Å². The minimum absolute atomic E-state index is 0.0358. The zero-order valence-corrected chi connectivity index (χ0v) is 12.2. The van der Waals surface area contributed by atoms with E-state index in [2.05, 4.69) is 17.4 Å². The van der Waals surface area contributed by atoms with Crippen molar-refractivity contribution in [1.29, 1.82) is 0 Å². The Morgan fingerprint density at radius 2 is 2.05 bits per heavy atom. The number of hydrogen-bond acceptors (Lipinski definition) is 3. The highest BCUT2D eigenvalue weighted by atomic mass is 16.3. The molecule has 1 aliphatic carbocycles. The van der Waals surface area contributed by atoms with E-state index in [4.69, 9.17) is 0 Å². The van der Waals surface area contributed by atoms with Gasteiger partial charge in [-0.3, -0.25) is 4.79 Å². The monoisotopic (exact) mass is 286 g/mol. The minimum atomic E-state index is -0.0358. The van der Waals surface area contributed by atoms with E-state index in [0.717, 1.165) is 25.1 Å². The largest absolute Gasteiger partial charge is 0.394 e. The molecule has 1 amide bonds. The van der Waals surface area contributed by atoms with Crippen LogP contribution in [-0.2, 0) is 4.79 Å². The molecule has 4 nitrogen and oxygen atoms in total. The van der Waals surface area contributed by atoms with Crippen LogP contribution in [0.3, 0.4) is 0 Å². The molecule has 3 aliphatic rings. The van der Waals surface area contributed by atoms with E-state index in [1.807, 2.05) is 17.0 Å². The number of nitrogens with one attached hydrogen (secondary N) is 1. The van der Waals surface area contributed by atoms with Gasteiger partial charge in [-0.15, -0.1) is 0 Å². The second kappa shape index (κ2) is 5.02. The molecular weight excluding hydrogens is 264 g/mol. The maximum atomic E-state index is 12.8.